The standard InChI is InChI=1S/C58H42N2OSi/c1-62(2)55-30-16-26-50-52(59(42-21-7-4-8-22-42)43-32-31-39-17-9-10-20-41(39)37-43)36-35-48(57(50)55)47-34-33-44(38-56(47)62)60(51-27-13-11-23-45(51)40-18-5-3-6-19-40)53-28-15-25-49-46-24-12-14-29-54(46)61-58(49)53/h3-38H,1-2H3. The van der Waals surface area contributed by atoms with Crippen molar-refractivity contribution < 1.29 is 4.42 Å². The average Bonchev–Trinajstić information content (AvgIpc) is 3.72. The van der Waals surface area contributed by atoms with Crippen LogP contribution in [0, 0.1) is 0 Å². The Labute approximate surface area is 362 Å². The summed E-state index contributed by atoms with van der Waals surface area (Å²) in [4.78, 5) is 4.86. The molecule has 0 radical (unpaired) electrons. The van der Waals surface area contributed by atoms with E-state index in [2.05, 4.69) is 235 Å². The predicted octanol–water partition coefficient (Wildman–Crippen LogP) is 15.3. The molecule has 294 valence electrons. The van der Waals surface area contributed by atoms with Crippen LogP contribution in [0.5, 0.6) is 0 Å². The molecule has 1 aromatic heterocycles. The van der Waals surface area contributed by atoms with Crippen LogP contribution in [0.15, 0.2) is 223 Å². The normalized spacial score (nSPS) is 12.8. The summed E-state index contributed by atoms with van der Waals surface area (Å²) in [7, 11) is -2.32. The van der Waals surface area contributed by atoms with Gasteiger partial charge in [-0.05, 0) is 104 Å². The van der Waals surface area contributed by atoms with E-state index < -0.39 is 8.07 Å². The van der Waals surface area contributed by atoms with Crippen LogP contribution >= 0.6 is 0 Å². The summed E-state index contributed by atoms with van der Waals surface area (Å²) in [5.74, 6) is 0. The molecule has 0 saturated carbocycles. The molecule has 1 aliphatic rings. The average molecular weight is 811 g/mol. The second kappa shape index (κ2) is 14.2. The molecule has 4 heteroatoms. The predicted molar refractivity (Wildman–Crippen MR) is 266 cm³/mol. The fraction of sp³-hybridized carbons (Fsp3) is 0.0345. The number of hydrogen-bond donors (Lipinski definition) is 0. The van der Waals surface area contributed by atoms with Crippen LogP contribution in [0.1, 0.15) is 0 Å². The summed E-state index contributed by atoms with van der Waals surface area (Å²) in [6, 6.07) is 79.6. The van der Waals surface area contributed by atoms with Crippen molar-refractivity contribution in [1.29, 1.82) is 0 Å². The maximum atomic E-state index is 6.77. The van der Waals surface area contributed by atoms with Crippen LogP contribution in [0.3, 0.4) is 0 Å². The molecule has 0 atom stereocenters. The molecule has 11 aromatic rings. The Bertz CT molecular complexity index is 3520. The van der Waals surface area contributed by atoms with Crippen LogP contribution < -0.4 is 20.2 Å². The van der Waals surface area contributed by atoms with E-state index in [1.54, 1.807) is 0 Å². The Hall–Kier alpha value is -7.66. The molecule has 0 N–H and O–H groups in total. The van der Waals surface area contributed by atoms with Crippen molar-refractivity contribution in [2.45, 2.75) is 13.1 Å². The highest BCUT2D eigenvalue weighted by atomic mass is 28.3. The first-order valence-electron chi connectivity index (χ1n) is 21.4. The summed E-state index contributed by atoms with van der Waals surface area (Å²) in [5, 5.41) is 10.2. The number of benzene rings is 10. The van der Waals surface area contributed by atoms with E-state index in [0.717, 1.165) is 55.9 Å². The van der Waals surface area contributed by atoms with Gasteiger partial charge in [0.2, 0.25) is 0 Å². The highest BCUT2D eigenvalue weighted by Crippen LogP contribution is 2.48. The van der Waals surface area contributed by atoms with Gasteiger partial charge in [0.15, 0.2) is 5.58 Å². The molecule has 0 aliphatic carbocycles. The Morgan fingerprint density at radius 2 is 1.02 bits per heavy atom. The Kier molecular flexibility index (Phi) is 8.31. The van der Waals surface area contributed by atoms with Crippen molar-refractivity contribution in [2.24, 2.45) is 0 Å². The Balaban J connectivity index is 1.07. The van der Waals surface area contributed by atoms with Gasteiger partial charge in [0.25, 0.3) is 0 Å². The lowest BCUT2D eigenvalue weighted by Crippen LogP contribution is -2.56. The van der Waals surface area contributed by atoms with Gasteiger partial charge in [0.1, 0.15) is 13.7 Å². The van der Waals surface area contributed by atoms with Crippen LogP contribution in [-0.2, 0) is 0 Å². The molecule has 0 amide bonds. The monoisotopic (exact) mass is 810 g/mol. The number of rotatable bonds is 7. The fourth-order valence-electron chi connectivity index (χ4n) is 10.1. The lowest BCUT2D eigenvalue weighted by molar-refractivity contribution is 0.669. The molecule has 2 heterocycles. The van der Waals surface area contributed by atoms with Gasteiger partial charge in [-0.1, -0.05) is 171 Å². The van der Waals surface area contributed by atoms with Gasteiger partial charge in [-0.3, -0.25) is 0 Å². The van der Waals surface area contributed by atoms with Crippen molar-refractivity contribution in [2.75, 3.05) is 9.80 Å². The number of furan rings is 1. The molecular formula is C58H42N2OSi. The van der Waals surface area contributed by atoms with Gasteiger partial charge >= 0.3 is 0 Å². The molecule has 1 aliphatic heterocycles. The lowest BCUT2D eigenvalue weighted by Gasteiger charge is -2.36. The summed E-state index contributed by atoms with van der Waals surface area (Å²) in [5.41, 5.74) is 13.4. The second-order valence-electron chi connectivity index (χ2n) is 16.9. The van der Waals surface area contributed by atoms with E-state index in [9.17, 15) is 0 Å². The minimum Gasteiger partial charge on any atom is -0.454 e. The SMILES string of the molecule is C[Si]1(C)c2cc(N(c3ccccc3-c3ccccc3)c3cccc4c3oc3ccccc34)ccc2-c2ccc(N(c3ccccc3)c3ccc4ccccc4c3)c3cccc1c23. The van der Waals surface area contributed by atoms with Crippen molar-refractivity contribution in [3.05, 3.63) is 218 Å². The summed E-state index contributed by atoms with van der Waals surface area (Å²) < 4.78 is 6.77. The molecule has 12 rings (SSSR count). The maximum absolute atomic E-state index is 6.77. The third kappa shape index (κ3) is 5.64. The van der Waals surface area contributed by atoms with Crippen LogP contribution in [-0.4, -0.2) is 8.07 Å². The van der Waals surface area contributed by atoms with E-state index in [-0.39, 0.29) is 0 Å². The van der Waals surface area contributed by atoms with Gasteiger partial charge in [0.05, 0.1) is 17.1 Å². The van der Waals surface area contributed by atoms with Crippen molar-refractivity contribution in [1.82, 2.24) is 0 Å². The smallest absolute Gasteiger partial charge is 0.159 e. The second-order valence-corrected chi connectivity index (χ2v) is 21.2. The number of hydrogen-bond acceptors (Lipinski definition) is 3. The minimum atomic E-state index is -2.32. The van der Waals surface area contributed by atoms with Crippen LogP contribution in [0.25, 0.3) is 65.7 Å². The van der Waals surface area contributed by atoms with E-state index in [1.165, 1.54) is 54.3 Å². The zero-order valence-electron chi connectivity index (χ0n) is 34.6. The minimum absolute atomic E-state index is 0.878. The molecule has 10 aromatic carbocycles. The van der Waals surface area contributed by atoms with Gasteiger partial charge in [-0.25, -0.2) is 0 Å². The molecule has 0 bridgehead atoms. The highest BCUT2D eigenvalue weighted by molar-refractivity contribution is 7.03. The highest BCUT2D eigenvalue weighted by Gasteiger charge is 2.37. The van der Waals surface area contributed by atoms with Gasteiger partial charge < -0.3 is 14.2 Å². The number of anilines is 6. The van der Waals surface area contributed by atoms with Crippen LogP contribution in [0.2, 0.25) is 13.1 Å². The van der Waals surface area contributed by atoms with E-state index in [1.807, 2.05) is 6.07 Å². The summed E-state index contributed by atoms with van der Waals surface area (Å²) >= 11 is 0. The topological polar surface area (TPSA) is 19.6 Å². The van der Waals surface area contributed by atoms with E-state index >= 15 is 0 Å². The number of fused-ring (bicyclic) bond motifs is 6. The first-order valence-corrected chi connectivity index (χ1v) is 24.4. The number of nitrogens with zero attached hydrogens (tertiary/aromatic N) is 2. The molecule has 0 saturated heterocycles. The molecule has 0 unspecified atom stereocenters. The van der Waals surface area contributed by atoms with Gasteiger partial charge in [-0.15, -0.1) is 0 Å². The molecule has 3 nitrogen and oxygen atoms in total. The van der Waals surface area contributed by atoms with E-state index in [0.29, 0.717) is 0 Å². The number of para-hydroxylation sites is 4. The molecule has 0 spiro atoms. The third-order valence-corrected chi connectivity index (χ3v) is 16.5. The zero-order chi connectivity index (χ0) is 41.4. The Morgan fingerprint density at radius 1 is 0.371 bits per heavy atom. The largest absolute Gasteiger partial charge is 0.454 e. The van der Waals surface area contributed by atoms with Gasteiger partial charge in [-0.2, -0.15) is 0 Å². The zero-order valence-corrected chi connectivity index (χ0v) is 35.6. The molecule has 0 fully saturated rings. The quantitative estimate of drug-likeness (QED) is 0.150. The van der Waals surface area contributed by atoms with Crippen molar-refractivity contribution >= 4 is 96.1 Å². The fourth-order valence-corrected chi connectivity index (χ4v) is 13.2. The van der Waals surface area contributed by atoms with Crippen molar-refractivity contribution in [3.63, 3.8) is 0 Å². The summed E-state index contributed by atoms with van der Waals surface area (Å²) in [6.45, 7) is 5.06. The van der Waals surface area contributed by atoms with Gasteiger partial charge in [0, 0.05) is 38.8 Å². The van der Waals surface area contributed by atoms with Crippen LogP contribution in [0.4, 0.5) is 34.1 Å². The third-order valence-electron chi connectivity index (χ3n) is 13.0. The van der Waals surface area contributed by atoms with E-state index in [4.69, 9.17) is 4.42 Å². The first-order chi connectivity index (χ1) is 30.5. The molecule has 62 heavy (non-hydrogen) atoms. The maximum Gasteiger partial charge on any atom is 0.159 e. The first kappa shape index (κ1) is 36.2. The van der Waals surface area contributed by atoms with Crippen molar-refractivity contribution in [3.8, 4) is 22.3 Å². The lowest BCUT2D eigenvalue weighted by atomic mass is 9.94. The Morgan fingerprint density at radius 3 is 1.89 bits per heavy atom. The summed E-state index contributed by atoms with van der Waals surface area (Å²) in [6.07, 6.45) is 0. The molecular weight excluding hydrogens is 769 g/mol.